The number of hydrogen-bond acceptors (Lipinski definition) is 8. The number of aliphatic carboxylic acids is 1. The lowest BCUT2D eigenvalue weighted by Crippen LogP contribution is -2.43. The number of aromatic nitrogens is 4. The molecule has 1 aromatic carbocycles. The van der Waals surface area contributed by atoms with Crippen LogP contribution in [0.25, 0.3) is 12.2 Å². The summed E-state index contributed by atoms with van der Waals surface area (Å²) in [6, 6.07) is 5.08. The zero-order valence-electron chi connectivity index (χ0n) is 20.2. The lowest BCUT2D eigenvalue weighted by Gasteiger charge is -2.35. The van der Waals surface area contributed by atoms with Crippen LogP contribution in [0.1, 0.15) is 37.9 Å². The van der Waals surface area contributed by atoms with Gasteiger partial charge in [-0.05, 0) is 44.0 Å². The second kappa shape index (κ2) is 11.2. The molecule has 4 rings (SSSR count). The highest BCUT2D eigenvalue weighted by Crippen LogP contribution is 2.40. The molecule has 1 unspecified atom stereocenters. The Kier molecular flexibility index (Phi) is 7.98. The molecule has 0 saturated heterocycles. The Morgan fingerprint density at radius 1 is 1.27 bits per heavy atom. The molecule has 2 aromatic heterocycles. The van der Waals surface area contributed by atoms with Crippen molar-refractivity contribution in [2.24, 2.45) is 0 Å². The van der Waals surface area contributed by atoms with E-state index in [1.165, 1.54) is 27.6 Å². The summed E-state index contributed by atoms with van der Waals surface area (Å²) < 4.78 is 42.2. The van der Waals surface area contributed by atoms with Gasteiger partial charge in [-0.3, -0.25) is 18.8 Å². The first-order valence-corrected chi connectivity index (χ1v) is 13.4. The first-order valence-electron chi connectivity index (χ1n) is 11.6. The molecule has 0 saturated carbocycles. The second-order valence-corrected chi connectivity index (χ2v) is 10.3. The molecule has 0 fully saturated rings. The van der Waals surface area contributed by atoms with Crippen LogP contribution in [0, 0.1) is 0 Å². The van der Waals surface area contributed by atoms with Crippen molar-refractivity contribution in [2.45, 2.75) is 44.2 Å². The normalized spacial score (nSPS) is 15.4. The number of benzene rings is 1. The third-order valence-corrected chi connectivity index (χ3v) is 7.63. The number of anilines is 1. The van der Waals surface area contributed by atoms with Crippen molar-refractivity contribution in [2.75, 3.05) is 17.5 Å². The number of sulfonamides is 1. The van der Waals surface area contributed by atoms with Gasteiger partial charge in [-0.1, -0.05) is 23.7 Å². The van der Waals surface area contributed by atoms with Crippen molar-refractivity contribution in [3.05, 3.63) is 53.2 Å². The van der Waals surface area contributed by atoms with E-state index in [0.717, 1.165) is 0 Å². The van der Waals surface area contributed by atoms with Gasteiger partial charge in [-0.2, -0.15) is 0 Å². The molecule has 0 bridgehead atoms. The molecular formula is C24H26ClN5O6S. The number of ether oxygens (including phenoxy) is 2. The van der Waals surface area contributed by atoms with Crippen LogP contribution in [-0.2, 0) is 21.4 Å². The highest BCUT2D eigenvalue weighted by atomic mass is 35.5. The van der Waals surface area contributed by atoms with Crippen molar-refractivity contribution in [1.82, 2.24) is 19.7 Å². The summed E-state index contributed by atoms with van der Waals surface area (Å²) in [5.74, 6) is -0.664. The van der Waals surface area contributed by atoms with Crippen LogP contribution < -0.4 is 13.8 Å². The molecule has 1 aliphatic heterocycles. The van der Waals surface area contributed by atoms with Crippen molar-refractivity contribution < 1.29 is 27.8 Å². The minimum Gasteiger partial charge on any atom is -0.486 e. The maximum Gasteiger partial charge on any atom is 0.303 e. The summed E-state index contributed by atoms with van der Waals surface area (Å²) in [5, 5.41) is 13.6. The van der Waals surface area contributed by atoms with E-state index in [0.29, 0.717) is 29.2 Å². The highest BCUT2D eigenvalue weighted by Gasteiger charge is 2.37. The number of nitrogens with zero attached hydrogens (tertiary/aromatic N) is 5. The smallest absolute Gasteiger partial charge is 0.303 e. The van der Waals surface area contributed by atoms with E-state index in [9.17, 15) is 13.2 Å². The van der Waals surface area contributed by atoms with Crippen LogP contribution in [0.4, 0.5) is 5.69 Å². The Balaban J connectivity index is 1.76. The van der Waals surface area contributed by atoms with Crippen molar-refractivity contribution in [1.29, 1.82) is 0 Å². The number of hydrogen-bond donors (Lipinski definition) is 1. The summed E-state index contributed by atoms with van der Waals surface area (Å²) in [6.45, 7) is 4.21. The molecule has 196 valence electrons. The van der Waals surface area contributed by atoms with Crippen LogP contribution in [0.5, 0.6) is 11.6 Å². The van der Waals surface area contributed by atoms with Gasteiger partial charge in [0.2, 0.25) is 0 Å². The van der Waals surface area contributed by atoms with Gasteiger partial charge in [0.15, 0.2) is 10.0 Å². The number of halogens is 1. The zero-order chi connectivity index (χ0) is 26.6. The van der Waals surface area contributed by atoms with Crippen molar-refractivity contribution in [3.8, 4) is 11.6 Å². The molecule has 3 heterocycles. The third kappa shape index (κ3) is 5.86. The van der Waals surface area contributed by atoms with Crippen LogP contribution in [0.3, 0.4) is 0 Å². The topological polar surface area (TPSA) is 137 Å². The number of rotatable bonds is 10. The van der Waals surface area contributed by atoms with Gasteiger partial charge in [-0.25, -0.2) is 13.4 Å². The van der Waals surface area contributed by atoms with Crippen LogP contribution in [0.15, 0.2) is 41.7 Å². The molecule has 0 aliphatic carbocycles. The minimum atomic E-state index is -4.15. The van der Waals surface area contributed by atoms with Gasteiger partial charge >= 0.3 is 5.97 Å². The van der Waals surface area contributed by atoms with Gasteiger partial charge in [0.05, 0.1) is 18.8 Å². The number of fused-ring (bicyclic) bond motifs is 1. The third-order valence-electron chi connectivity index (χ3n) is 5.58. The second-order valence-electron chi connectivity index (χ2n) is 8.09. The Morgan fingerprint density at radius 3 is 2.76 bits per heavy atom. The Labute approximate surface area is 219 Å². The van der Waals surface area contributed by atoms with Crippen LogP contribution >= 0.6 is 11.6 Å². The number of carboxylic acids is 1. The number of carboxylic acid groups (broad SMARTS) is 1. The molecule has 1 N–H and O–H groups in total. The van der Waals surface area contributed by atoms with Crippen LogP contribution in [-0.4, -0.2) is 58.5 Å². The lowest BCUT2D eigenvalue weighted by atomic mass is 10.1. The first kappa shape index (κ1) is 26.4. The molecular weight excluding hydrogens is 522 g/mol. The predicted octanol–water partition coefficient (Wildman–Crippen LogP) is 3.74. The van der Waals surface area contributed by atoms with Gasteiger partial charge in [0.25, 0.3) is 15.9 Å². The SMILES string of the molecule is CCOc1nn(CC)cc1S(=O)(=O)N1CC(CCC(=O)O)Oc2ccc(C=Cc3nccnc3Cl)cc21. The quantitative estimate of drug-likeness (QED) is 0.402. The fourth-order valence-electron chi connectivity index (χ4n) is 3.79. The van der Waals surface area contributed by atoms with E-state index in [1.54, 1.807) is 37.3 Å². The summed E-state index contributed by atoms with van der Waals surface area (Å²) in [7, 11) is -4.15. The standard InChI is InChI=1S/C24H26ClN5O6S/c1-3-29-15-21(24(28-29)35-4-2)37(33,34)30-14-17(7-10-22(31)32)36-20-9-6-16(13-19(20)30)5-8-18-23(25)27-12-11-26-18/h5-6,8-9,11-13,15,17H,3-4,7,10,14H2,1-2H3,(H,31,32). The number of carbonyl (C=O) groups is 1. The molecule has 1 aliphatic rings. The fourth-order valence-corrected chi connectivity index (χ4v) is 5.54. The summed E-state index contributed by atoms with van der Waals surface area (Å²) >= 11 is 6.09. The molecule has 0 amide bonds. The average molecular weight is 548 g/mol. The van der Waals surface area contributed by atoms with Crippen LogP contribution in [0.2, 0.25) is 5.15 Å². The molecule has 0 spiro atoms. The Hall–Kier alpha value is -3.64. The first-order chi connectivity index (χ1) is 17.7. The van der Waals surface area contributed by atoms with E-state index in [1.807, 2.05) is 6.92 Å². The average Bonchev–Trinajstić information content (AvgIpc) is 3.30. The van der Waals surface area contributed by atoms with Gasteiger partial charge in [-0.15, -0.1) is 5.10 Å². The summed E-state index contributed by atoms with van der Waals surface area (Å²) in [4.78, 5) is 19.2. The highest BCUT2D eigenvalue weighted by molar-refractivity contribution is 7.93. The van der Waals surface area contributed by atoms with E-state index in [-0.39, 0.29) is 41.9 Å². The fraction of sp³-hybridized carbons (Fsp3) is 0.333. The molecule has 1 atom stereocenters. The molecule has 37 heavy (non-hydrogen) atoms. The maximum absolute atomic E-state index is 14.0. The predicted molar refractivity (Wildman–Crippen MR) is 137 cm³/mol. The zero-order valence-corrected chi connectivity index (χ0v) is 21.8. The van der Waals surface area contributed by atoms with Crippen molar-refractivity contribution in [3.63, 3.8) is 0 Å². The molecule has 3 aromatic rings. The molecule has 0 radical (unpaired) electrons. The van der Waals surface area contributed by atoms with Gasteiger partial charge < -0.3 is 14.6 Å². The van der Waals surface area contributed by atoms with Gasteiger partial charge in [0.1, 0.15) is 17.5 Å². The lowest BCUT2D eigenvalue weighted by molar-refractivity contribution is -0.137. The minimum absolute atomic E-state index is 0.00724. The Morgan fingerprint density at radius 2 is 2.05 bits per heavy atom. The van der Waals surface area contributed by atoms with E-state index in [4.69, 9.17) is 26.2 Å². The van der Waals surface area contributed by atoms with E-state index < -0.39 is 22.1 Å². The Bertz CT molecular complexity index is 1420. The largest absolute Gasteiger partial charge is 0.486 e. The summed E-state index contributed by atoms with van der Waals surface area (Å²) in [5.41, 5.74) is 1.44. The molecule has 13 heteroatoms. The monoisotopic (exact) mass is 547 g/mol. The van der Waals surface area contributed by atoms with E-state index >= 15 is 0 Å². The van der Waals surface area contributed by atoms with Gasteiger partial charge in [0, 0.05) is 31.6 Å². The summed E-state index contributed by atoms with van der Waals surface area (Å²) in [6.07, 6.45) is 7.16. The number of aryl methyl sites for hydroxylation is 1. The van der Waals surface area contributed by atoms with Crippen molar-refractivity contribution >= 4 is 45.4 Å². The van der Waals surface area contributed by atoms with E-state index in [2.05, 4.69) is 15.1 Å². The molecule has 11 nitrogen and oxygen atoms in total. The maximum atomic E-state index is 14.0.